The van der Waals surface area contributed by atoms with Crippen LogP contribution in [0.5, 0.6) is 0 Å². The number of benzene rings is 1. The van der Waals surface area contributed by atoms with Crippen molar-refractivity contribution in [2.75, 3.05) is 18.6 Å². The van der Waals surface area contributed by atoms with Crippen molar-refractivity contribution in [3.05, 3.63) is 48.0 Å². The van der Waals surface area contributed by atoms with Gasteiger partial charge in [0, 0.05) is 24.6 Å². The van der Waals surface area contributed by atoms with E-state index >= 15 is 0 Å². The highest BCUT2D eigenvalue weighted by molar-refractivity contribution is 7.98. The molecule has 124 valence electrons. The van der Waals surface area contributed by atoms with Crippen LogP contribution in [0.1, 0.15) is 30.8 Å². The Labute approximate surface area is 141 Å². The third-order valence-electron chi connectivity index (χ3n) is 3.66. The van der Waals surface area contributed by atoms with Crippen molar-refractivity contribution in [1.29, 1.82) is 0 Å². The zero-order valence-electron chi connectivity index (χ0n) is 13.9. The monoisotopic (exact) mass is 332 g/mol. The van der Waals surface area contributed by atoms with E-state index in [9.17, 15) is 4.79 Å². The van der Waals surface area contributed by atoms with Crippen LogP contribution in [-0.4, -0.2) is 34.1 Å². The third kappa shape index (κ3) is 5.03. The molecule has 6 heteroatoms. The number of hydrogen-bond donors (Lipinski definition) is 2. The second-order valence-corrected chi connectivity index (χ2v) is 6.39. The molecule has 0 saturated heterocycles. The van der Waals surface area contributed by atoms with Gasteiger partial charge in [0.15, 0.2) is 0 Å². The number of rotatable bonds is 7. The fourth-order valence-corrected chi connectivity index (χ4v) is 2.76. The van der Waals surface area contributed by atoms with Crippen molar-refractivity contribution >= 4 is 17.8 Å². The van der Waals surface area contributed by atoms with E-state index in [-0.39, 0.29) is 12.1 Å². The van der Waals surface area contributed by atoms with E-state index in [1.165, 1.54) is 0 Å². The Morgan fingerprint density at radius 2 is 2.09 bits per heavy atom. The van der Waals surface area contributed by atoms with Gasteiger partial charge in [0.1, 0.15) is 5.82 Å². The average molecular weight is 332 g/mol. The summed E-state index contributed by atoms with van der Waals surface area (Å²) >= 11 is 1.79. The Morgan fingerprint density at radius 3 is 2.70 bits per heavy atom. The molecule has 2 rings (SSSR count). The molecule has 1 heterocycles. The molecule has 23 heavy (non-hydrogen) atoms. The third-order valence-corrected chi connectivity index (χ3v) is 4.35. The summed E-state index contributed by atoms with van der Waals surface area (Å²) in [6.07, 6.45) is 6.78. The van der Waals surface area contributed by atoms with Gasteiger partial charge in [0.05, 0.1) is 6.04 Å². The quantitative estimate of drug-likeness (QED) is 0.765. The lowest BCUT2D eigenvalue weighted by molar-refractivity contribution is 0.238. The van der Waals surface area contributed by atoms with Gasteiger partial charge in [-0.2, -0.15) is 11.8 Å². The highest BCUT2D eigenvalue weighted by atomic mass is 32.2. The molecule has 0 aliphatic heterocycles. The molecular formula is C17H24N4OS. The number of hydrogen-bond acceptors (Lipinski definition) is 3. The van der Waals surface area contributed by atoms with Gasteiger partial charge >= 0.3 is 6.03 Å². The summed E-state index contributed by atoms with van der Waals surface area (Å²) in [6, 6.07) is 8.00. The summed E-state index contributed by atoms with van der Waals surface area (Å²) in [4.78, 5) is 16.1. The van der Waals surface area contributed by atoms with Crippen LogP contribution in [0.3, 0.4) is 0 Å². The molecule has 1 unspecified atom stereocenters. The van der Waals surface area contributed by atoms with Crippen molar-refractivity contribution in [1.82, 2.24) is 20.2 Å². The maximum absolute atomic E-state index is 11.8. The normalized spacial score (nSPS) is 12.0. The van der Waals surface area contributed by atoms with Crippen LogP contribution in [0.15, 0.2) is 36.7 Å². The molecule has 0 aliphatic carbocycles. The number of urea groups is 1. The predicted molar refractivity (Wildman–Crippen MR) is 96.2 cm³/mol. The zero-order valence-corrected chi connectivity index (χ0v) is 14.7. The van der Waals surface area contributed by atoms with Crippen molar-refractivity contribution in [3.8, 4) is 5.69 Å². The smallest absolute Gasteiger partial charge is 0.315 e. The predicted octanol–water partition coefficient (Wildman–Crippen LogP) is 3.29. The van der Waals surface area contributed by atoms with E-state index in [0.717, 1.165) is 29.2 Å². The van der Waals surface area contributed by atoms with E-state index in [4.69, 9.17) is 0 Å². The maximum Gasteiger partial charge on any atom is 0.315 e. The van der Waals surface area contributed by atoms with Gasteiger partial charge < -0.3 is 15.2 Å². The summed E-state index contributed by atoms with van der Waals surface area (Å²) < 4.78 is 2.03. The number of imidazole rings is 1. The molecule has 0 radical (unpaired) electrons. The van der Waals surface area contributed by atoms with Gasteiger partial charge in [-0.1, -0.05) is 12.1 Å². The molecule has 1 atom stereocenters. The molecule has 5 nitrogen and oxygen atoms in total. The Bertz CT molecular complexity index is 624. The fourth-order valence-electron chi connectivity index (χ4n) is 2.32. The molecule has 0 aliphatic rings. The molecule has 0 bridgehead atoms. The lowest BCUT2D eigenvalue weighted by Gasteiger charge is -2.16. The molecule has 0 spiro atoms. The van der Waals surface area contributed by atoms with Crippen molar-refractivity contribution in [2.45, 2.75) is 26.3 Å². The number of nitrogens with one attached hydrogen (secondary N) is 2. The lowest BCUT2D eigenvalue weighted by atomic mass is 10.1. The SMILES string of the molecule is CSCCCNC(=O)NC(C)c1ccc(-n2ccnc2C)cc1. The summed E-state index contributed by atoms with van der Waals surface area (Å²) in [5, 5.41) is 5.85. The first-order valence-corrected chi connectivity index (χ1v) is 9.15. The average Bonchev–Trinajstić information content (AvgIpc) is 2.98. The van der Waals surface area contributed by atoms with Crippen LogP contribution in [0, 0.1) is 6.92 Å². The molecule has 0 fully saturated rings. The Balaban J connectivity index is 1.89. The second-order valence-electron chi connectivity index (χ2n) is 5.40. The van der Waals surface area contributed by atoms with Gasteiger partial charge in [-0.15, -0.1) is 0 Å². The van der Waals surface area contributed by atoms with Gasteiger partial charge in [-0.05, 0) is 50.0 Å². The van der Waals surface area contributed by atoms with E-state index in [0.29, 0.717) is 6.54 Å². The lowest BCUT2D eigenvalue weighted by Crippen LogP contribution is -2.37. The molecule has 2 amide bonds. The van der Waals surface area contributed by atoms with E-state index < -0.39 is 0 Å². The summed E-state index contributed by atoms with van der Waals surface area (Å²) in [7, 11) is 0. The van der Waals surface area contributed by atoms with Crippen LogP contribution in [0.2, 0.25) is 0 Å². The number of amides is 2. The standard InChI is InChI=1S/C17H24N4OS/c1-13(20-17(22)19-9-4-12-23-3)15-5-7-16(8-6-15)21-11-10-18-14(21)2/h5-8,10-11,13H,4,9,12H2,1-3H3,(H2,19,20,22). The number of nitrogens with zero attached hydrogens (tertiary/aromatic N) is 2. The first-order valence-electron chi connectivity index (χ1n) is 7.75. The molecule has 2 N–H and O–H groups in total. The Hall–Kier alpha value is -1.95. The van der Waals surface area contributed by atoms with Gasteiger partial charge in [0.2, 0.25) is 0 Å². The number of aromatic nitrogens is 2. The van der Waals surface area contributed by atoms with Crippen molar-refractivity contribution < 1.29 is 4.79 Å². The Morgan fingerprint density at radius 1 is 1.35 bits per heavy atom. The number of aryl methyl sites for hydroxylation is 1. The second kappa shape index (κ2) is 8.62. The highest BCUT2D eigenvalue weighted by Crippen LogP contribution is 2.16. The molecular weight excluding hydrogens is 308 g/mol. The van der Waals surface area contributed by atoms with E-state index in [1.807, 2.05) is 48.9 Å². The van der Waals surface area contributed by atoms with Crippen LogP contribution < -0.4 is 10.6 Å². The van der Waals surface area contributed by atoms with E-state index in [1.54, 1.807) is 18.0 Å². The minimum Gasteiger partial charge on any atom is -0.338 e. The highest BCUT2D eigenvalue weighted by Gasteiger charge is 2.09. The summed E-state index contributed by atoms with van der Waals surface area (Å²) in [5.41, 5.74) is 2.14. The minimum absolute atomic E-state index is 0.0338. The van der Waals surface area contributed by atoms with Gasteiger partial charge in [-0.25, -0.2) is 9.78 Å². The van der Waals surface area contributed by atoms with Crippen molar-refractivity contribution in [2.24, 2.45) is 0 Å². The number of thioether (sulfide) groups is 1. The molecule has 2 aromatic rings. The van der Waals surface area contributed by atoms with Gasteiger partial charge in [0.25, 0.3) is 0 Å². The van der Waals surface area contributed by atoms with E-state index in [2.05, 4.69) is 21.9 Å². The minimum atomic E-state index is -0.117. The van der Waals surface area contributed by atoms with Crippen LogP contribution in [0.4, 0.5) is 4.79 Å². The first-order chi connectivity index (χ1) is 11.1. The van der Waals surface area contributed by atoms with Crippen LogP contribution in [0.25, 0.3) is 5.69 Å². The largest absolute Gasteiger partial charge is 0.338 e. The number of carbonyl (C=O) groups excluding carboxylic acids is 1. The number of carbonyl (C=O) groups is 1. The fraction of sp³-hybridized carbons (Fsp3) is 0.412. The summed E-state index contributed by atoms with van der Waals surface area (Å²) in [6.45, 7) is 4.66. The molecule has 1 aromatic carbocycles. The van der Waals surface area contributed by atoms with Gasteiger partial charge in [-0.3, -0.25) is 0 Å². The van der Waals surface area contributed by atoms with Crippen molar-refractivity contribution in [3.63, 3.8) is 0 Å². The molecule has 0 saturated carbocycles. The zero-order chi connectivity index (χ0) is 16.7. The van der Waals surface area contributed by atoms with Crippen LogP contribution >= 0.6 is 11.8 Å². The summed E-state index contributed by atoms with van der Waals surface area (Å²) in [5.74, 6) is 2.01. The topological polar surface area (TPSA) is 59.0 Å². The Kier molecular flexibility index (Phi) is 6.52. The van der Waals surface area contributed by atoms with Crippen LogP contribution in [-0.2, 0) is 0 Å². The maximum atomic E-state index is 11.8. The molecule has 1 aromatic heterocycles. The first kappa shape index (κ1) is 17.4.